The number of nitrogens with one attached hydrogen (secondary N) is 1. The lowest BCUT2D eigenvalue weighted by Gasteiger charge is -2.28. The van der Waals surface area contributed by atoms with Gasteiger partial charge < -0.3 is 10.1 Å². The van der Waals surface area contributed by atoms with Crippen LogP contribution in [0, 0.1) is 5.92 Å². The van der Waals surface area contributed by atoms with Crippen LogP contribution in [0.15, 0.2) is 24.3 Å². The Morgan fingerprint density at radius 3 is 2.48 bits per heavy atom. The van der Waals surface area contributed by atoms with Crippen LogP contribution in [0.4, 0.5) is 0 Å². The summed E-state index contributed by atoms with van der Waals surface area (Å²) in [5.74, 6) is 0.691. The van der Waals surface area contributed by atoms with Crippen LogP contribution < -0.4 is 5.32 Å². The normalized spacial score (nSPS) is 14.4. The first kappa shape index (κ1) is 18.2. The molecular formula is C19H33NO. The van der Waals surface area contributed by atoms with Crippen molar-refractivity contribution in [3.63, 3.8) is 0 Å². The minimum absolute atomic E-state index is 0.259. The largest absolute Gasteiger partial charge is 0.377 e. The molecule has 0 aliphatic carbocycles. The molecule has 0 fully saturated rings. The van der Waals surface area contributed by atoms with Crippen LogP contribution in [0.5, 0.6) is 0 Å². The van der Waals surface area contributed by atoms with Gasteiger partial charge >= 0.3 is 0 Å². The molecule has 2 nitrogen and oxygen atoms in total. The molecule has 1 aromatic rings. The van der Waals surface area contributed by atoms with Crippen molar-refractivity contribution in [1.82, 2.24) is 5.32 Å². The molecule has 1 N–H and O–H groups in total. The van der Waals surface area contributed by atoms with Gasteiger partial charge in [0.05, 0.1) is 12.1 Å². The van der Waals surface area contributed by atoms with E-state index in [4.69, 9.17) is 4.74 Å². The second-order valence-corrected chi connectivity index (χ2v) is 6.16. The van der Waals surface area contributed by atoms with Gasteiger partial charge in [-0.25, -0.2) is 0 Å². The third kappa shape index (κ3) is 6.19. The van der Waals surface area contributed by atoms with Gasteiger partial charge in [0, 0.05) is 6.61 Å². The third-order valence-corrected chi connectivity index (χ3v) is 3.70. The highest BCUT2D eigenvalue weighted by molar-refractivity contribution is 5.27. The zero-order chi connectivity index (χ0) is 15.7. The van der Waals surface area contributed by atoms with E-state index in [2.05, 4.69) is 64.2 Å². The number of hydrogen-bond acceptors (Lipinski definition) is 2. The van der Waals surface area contributed by atoms with Crippen molar-refractivity contribution in [3.05, 3.63) is 35.4 Å². The Labute approximate surface area is 131 Å². The average Bonchev–Trinajstić information content (AvgIpc) is 2.44. The Morgan fingerprint density at radius 1 is 1.14 bits per heavy atom. The Morgan fingerprint density at radius 2 is 1.90 bits per heavy atom. The van der Waals surface area contributed by atoms with E-state index in [1.54, 1.807) is 0 Å². The van der Waals surface area contributed by atoms with Gasteiger partial charge in [0.1, 0.15) is 0 Å². The van der Waals surface area contributed by atoms with Crippen molar-refractivity contribution in [2.24, 2.45) is 5.92 Å². The molecule has 2 heteroatoms. The second-order valence-electron chi connectivity index (χ2n) is 6.16. The van der Waals surface area contributed by atoms with Crippen LogP contribution >= 0.6 is 0 Å². The quantitative estimate of drug-likeness (QED) is 0.672. The minimum atomic E-state index is 0.259. The van der Waals surface area contributed by atoms with E-state index in [1.807, 2.05) is 0 Å². The molecule has 0 heterocycles. The van der Waals surface area contributed by atoms with Gasteiger partial charge in [-0.15, -0.1) is 0 Å². The fourth-order valence-corrected chi connectivity index (χ4v) is 2.91. The van der Waals surface area contributed by atoms with E-state index >= 15 is 0 Å². The summed E-state index contributed by atoms with van der Waals surface area (Å²) in [4.78, 5) is 0. The van der Waals surface area contributed by atoms with Crippen molar-refractivity contribution < 1.29 is 4.74 Å². The molecule has 0 radical (unpaired) electrons. The highest BCUT2D eigenvalue weighted by Gasteiger charge is 2.22. The molecule has 0 aromatic heterocycles. The molecule has 0 saturated heterocycles. The number of hydrogen-bond donors (Lipinski definition) is 1. The number of likely N-dealkylation sites (N-methyl/N-ethyl adjacent to an activating group) is 1. The summed E-state index contributed by atoms with van der Waals surface area (Å²) in [6.07, 6.45) is 3.65. The van der Waals surface area contributed by atoms with E-state index in [0.717, 1.165) is 32.4 Å². The third-order valence-electron chi connectivity index (χ3n) is 3.70. The average molecular weight is 291 g/mol. The maximum Gasteiger partial charge on any atom is 0.0769 e. The van der Waals surface area contributed by atoms with Gasteiger partial charge in [-0.1, -0.05) is 58.4 Å². The van der Waals surface area contributed by atoms with Crippen molar-refractivity contribution in [2.45, 2.75) is 66.0 Å². The lowest BCUT2D eigenvalue weighted by molar-refractivity contribution is 0.0280. The van der Waals surface area contributed by atoms with Gasteiger partial charge in [0.15, 0.2) is 0 Å². The Balaban J connectivity index is 2.96. The molecule has 1 aromatic carbocycles. The standard InChI is InChI=1S/C19H33NO/c1-6-10-18(21-8-3)19(20-7-2)17-12-9-11-16(14-17)13-15(4)5/h9,11-12,14-15,18-20H,6-8,10,13H2,1-5H3. The van der Waals surface area contributed by atoms with Crippen LogP contribution in [-0.2, 0) is 11.2 Å². The fraction of sp³-hybridized carbons (Fsp3) is 0.684. The molecule has 0 bridgehead atoms. The van der Waals surface area contributed by atoms with Crippen LogP contribution in [0.25, 0.3) is 0 Å². The van der Waals surface area contributed by atoms with Gasteiger partial charge in [0.25, 0.3) is 0 Å². The Hall–Kier alpha value is -0.860. The lowest BCUT2D eigenvalue weighted by atomic mass is 9.94. The topological polar surface area (TPSA) is 21.3 Å². The number of benzene rings is 1. The predicted molar refractivity (Wildman–Crippen MR) is 91.7 cm³/mol. The van der Waals surface area contributed by atoms with Crippen molar-refractivity contribution in [2.75, 3.05) is 13.2 Å². The molecule has 0 aliphatic heterocycles. The Kier molecular flexibility index (Phi) is 8.63. The van der Waals surface area contributed by atoms with Gasteiger partial charge in [-0.05, 0) is 43.4 Å². The molecule has 21 heavy (non-hydrogen) atoms. The highest BCUT2D eigenvalue weighted by atomic mass is 16.5. The number of ether oxygens (including phenoxy) is 1. The summed E-state index contributed by atoms with van der Waals surface area (Å²) in [5.41, 5.74) is 2.79. The molecule has 2 atom stereocenters. The predicted octanol–water partition coefficient (Wildman–Crippen LogP) is 4.74. The molecule has 1 rings (SSSR count). The second kappa shape index (κ2) is 9.97. The van der Waals surface area contributed by atoms with Gasteiger partial charge in [-0.3, -0.25) is 0 Å². The first-order chi connectivity index (χ1) is 10.1. The van der Waals surface area contributed by atoms with Gasteiger partial charge in [-0.2, -0.15) is 0 Å². The first-order valence-electron chi connectivity index (χ1n) is 8.56. The van der Waals surface area contributed by atoms with Crippen LogP contribution in [-0.4, -0.2) is 19.3 Å². The van der Waals surface area contributed by atoms with Crippen LogP contribution in [0.3, 0.4) is 0 Å². The smallest absolute Gasteiger partial charge is 0.0769 e. The van der Waals surface area contributed by atoms with Crippen LogP contribution in [0.1, 0.15) is 64.6 Å². The maximum absolute atomic E-state index is 6.01. The summed E-state index contributed by atoms with van der Waals surface area (Å²) in [7, 11) is 0. The maximum atomic E-state index is 6.01. The summed E-state index contributed by atoms with van der Waals surface area (Å²) < 4.78 is 6.01. The van der Waals surface area contributed by atoms with E-state index in [9.17, 15) is 0 Å². The molecule has 2 unspecified atom stereocenters. The van der Waals surface area contributed by atoms with E-state index in [0.29, 0.717) is 12.0 Å². The van der Waals surface area contributed by atoms with E-state index in [-0.39, 0.29) is 6.10 Å². The Bertz CT molecular complexity index is 383. The van der Waals surface area contributed by atoms with E-state index < -0.39 is 0 Å². The molecule has 0 amide bonds. The molecular weight excluding hydrogens is 258 g/mol. The molecule has 0 spiro atoms. The van der Waals surface area contributed by atoms with Crippen molar-refractivity contribution in [1.29, 1.82) is 0 Å². The van der Waals surface area contributed by atoms with Crippen LogP contribution in [0.2, 0.25) is 0 Å². The molecule has 0 aliphatic rings. The fourth-order valence-electron chi connectivity index (χ4n) is 2.91. The molecule has 120 valence electrons. The zero-order valence-electron chi connectivity index (χ0n) is 14.5. The minimum Gasteiger partial charge on any atom is -0.377 e. The van der Waals surface area contributed by atoms with Gasteiger partial charge in [0.2, 0.25) is 0 Å². The SMILES string of the molecule is CCCC(OCC)C(NCC)c1cccc(CC(C)C)c1. The monoisotopic (exact) mass is 291 g/mol. The van der Waals surface area contributed by atoms with Crippen molar-refractivity contribution in [3.8, 4) is 0 Å². The van der Waals surface area contributed by atoms with E-state index in [1.165, 1.54) is 11.1 Å². The summed E-state index contributed by atoms with van der Waals surface area (Å²) in [5, 5.41) is 3.62. The summed E-state index contributed by atoms with van der Waals surface area (Å²) in [6, 6.07) is 9.31. The summed E-state index contributed by atoms with van der Waals surface area (Å²) in [6.45, 7) is 12.8. The molecule has 0 saturated carbocycles. The summed E-state index contributed by atoms with van der Waals surface area (Å²) >= 11 is 0. The first-order valence-corrected chi connectivity index (χ1v) is 8.56. The van der Waals surface area contributed by atoms with Crippen molar-refractivity contribution >= 4 is 0 Å². The number of rotatable bonds is 10. The highest BCUT2D eigenvalue weighted by Crippen LogP contribution is 2.24. The zero-order valence-corrected chi connectivity index (χ0v) is 14.5. The lowest BCUT2D eigenvalue weighted by Crippen LogP contribution is -2.34.